The molecule has 0 unspecified atom stereocenters. The predicted molar refractivity (Wildman–Crippen MR) is 97.4 cm³/mol. The van der Waals surface area contributed by atoms with E-state index in [1.807, 2.05) is 7.05 Å². The van der Waals surface area contributed by atoms with Crippen molar-refractivity contribution in [2.75, 3.05) is 18.6 Å². The lowest BCUT2D eigenvalue weighted by Gasteiger charge is -2.37. The fourth-order valence-corrected chi connectivity index (χ4v) is 4.38. The molecule has 1 aliphatic carbocycles. The summed E-state index contributed by atoms with van der Waals surface area (Å²) < 4.78 is 0. The fraction of sp³-hybridized carbons (Fsp3) is 0.650. The van der Waals surface area contributed by atoms with Crippen molar-refractivity contribution in [1.82, 2.24) is 5.32 Å². The Morgan fingerprint density at radius 1 is 1.29 bits per heavy atom. The summed E-state index contributed by atoms with van der Waals surface area (Å²) in [5.41, 5.74) is 3.78. The van der Waals surface area contributed by atoms with E-state index >= 15 is 0 Å². The number of rotatable bonds is 3. The Morgan fingerprint density at radius 3 is 2.62 bits per heavy atom. The van der Waals surface area contributed by atoms with Gasteiger partial charge in [0.15, 0.2) is 0 Å². The van der Waals surface area contributed by atoms with Gasteiger partial charge in [-0.15, -0.1) is 0 Å². The van der Waals surface area contributed by atoms with E-state index in [0.717, 1.165) is 5.69 Å². The van der Waals surface area contributed by atoms with Crippen LogP contribution in [-0.4, -0.2) is 36.8 Å². The van der Waals surface area contributed by atoms with Gasteiger partial charge in [-0.3, -0.25) is 4.79 Å². The number of aliphatic hydroxyl groups excluding tert-OH is 1. The van der Waals surface area contributed by atoms with Crippen molar-refractivity contribution in [3.63, 3.8) is 0 Å². The maximum atomic E-state index is 12.7. The molecule has 0 spiro atoms. The van der Waals surface area contributed by atoms with Gasteiger partial charge in [-0.05, 0) is 48.3 Å². The Bertz CT molecular complexity index is 593. The summed E-state index contributed by atoms with van der Waals surface area (Å²) in [6.45, 7) is 4.14. The summed E-state index contributed by atoms with van der Waals surface area (Å²) >= 11 is 0. The van der Waals surface area contributed by atoms with Gasteiger partial charge >= 0.3 is 0 Å². The maximum Gasteiger partial charge on any atom is 0.243 e. The standard InChI is InChI=1S/C20H30N2O2/c1-13(2)19-20(24)21-17(12-23)10-16-9-8-15(11-18(16)22(19)3)14-6-4-5-7-14/h8-9,11,13-14,17,19,23H,4-7,10,12H2,1-3H3,(H,21,24)/t17-,19-/m0/s1. The molecule has 0 saturated heterocycles. The second kappa shape index (κ2) is 7.14. The van der Waals surface area contributed by atoms with E-state index in [0.29, 0.717) is 12.3 Å². The minimum Gasteiger partial charge on any atom is -0.394 e. The topological polar surface area (TPSA) is 52.6 Å². The summed E-state index contributed by atoms with van der Waals surface area (Å²) in [6.07, 6.45) is 5.87. The lowest BCUT2D eigenvalue weighted by molar-refractivity contribution is -0.124. The first-order chi connectivity index (χ1) is 11.5. The highest BCUT2D eigenvalue weighted by Crippen LogP contribution is 2.37. The average molecular weight is 330 g/mol. The van der Waals surface area contributed by atoms with Crippen LogP contribution >= 0.6 is 0 Å². The van der Waals surface area contributed by atoms with Gasteiger partial charge in [-0.25, -0.2) is 0 Å². The molecule has 1 saturated carbocycles. The van der Waals surface area contributed by atoms with Crippen LogP contribution in [0.15, 0.2) is 18.2 Å². The molecule has 1 aromatic rings. The molecular weight excluding hydrogens is 300 g/mol. The van der Waals surface area contributed by atoms with Crippen LogP contribution in [0.1, 0.15) is 56.6 Å². The molecule has 1 aliphatic heterocycles. The number of carbonyl (C=O) groups excluding carboxylic acids is 1. The predicted octanol–water partition coefficient (Wildman–Crippen LogP) is 2.84. The molecule has 1 aromatic carbocycles. The van der Waals surface area contributed by atoms with Gasteiger partial charge in [0.1, 0.15) is 6.04 Å². The van der Waals surface area contributed by atoms with E-state index in [9.17, 15) is 9.90 Å². The minimum atomic E-state index is -0.211. The first-order valence-electron chi connectivity index (χ1n) is 9.28. The fourth-order valence-electron chi connectivity index (χ4n) is 4.38. The molecule has 4 nitrogen and oxygen atoms in total. The van der Waals surface area contributed by atoms with Gasteiger partial charge in [0.2, 0.25) is 5.91 Å². The second-order valence-corrected chi connectivity index (χ2v) is 7.76. The van der Waals surface area contributed by atoms with E-state index in [4.69, 9.17) is 0 Å². The monoisotopic (exact) mass is 330 g/mol. The number of nitrogens with one attached hydrogen (secondary N) is 1. The van der Waals surface area contributed by atoms with Crippen LogP contribution in [0.5, 0.6) is 0 Å². The molecular formula is C20H30N2O2. The van der Waals surface area contributed by atoms with Crippen molar-refractivity contribution >= 4 is 11.6 Å². The number of likely N-dealkylation sites (N-methyl/N-ethyl adjacent to an activating group) is 1. The smallest absolute Gasteiger partial charge is 0.243 e. The third kappa shape index (κ3) is 3.30. The van der Waals surface area contributed by atoms with Crippen molar-refractivity contribution in [3.8, 4) is 0 Å². The van der Waals surface area contributed by atoms with Gasteiger partial charge in [-0.2, -0.15) is 0 Å². The van der Waals surface area contributed by atoms with Crippen LogP contribution in [0.4, 0.5) is 5.69 Å². The van der Waals surface area contributed by atoms with E-state index < -0.39 is 0 Å². The van der Waals surface area contributed by atoms with E-state index in [1.54, 1.807) is 0 Å². The van der Waals surface area contributed by atoms with Crippen molar-refractivity contribution < 1.29 is 9.90 Å². The van der Waals surface area contributed by atoms with Crippen LogP contribution in [0, 0.1) is 5.92 Å². The summed E-state index contributed by atoms with van der Waals surface area (Å²) in [5.74, 6) is 0.882. The van der Waals surface area contributed by atoms with Crippen LogP contribution in [0.25, 0.3) is 0 Å². The van der Waals surface area contributed by atoms with Crippen LogP contribution in [0.3, 0.4) is 0 Å². The Kier molecular flexibility index (Phi) is 5.14. The Hall–Kier alpha value is -1.55. The normalized spacial score (nSPS) is 25.4. The first kappa shape index (κ1) is 17.3. The molecule has 1 fully saturated rings. The van der Waals surface area contributed by atoms with Crippen LogP contribution in [-0.2, 0) is 11.2 Å². The summed E-state index contributed by atoms with van der Waals surface area (Å²) in [6, 6.07) is 6.34. The highest BCUT2D eigenvalue weighted by molar-refractivity contribution is 5.86. The average Bonchev–Trinajstić information content (AvgIpc) is 3.07. The van der Waals surface area contributed by atoms with Crippen LogP contribution < -0.4 is 10.2 Å². The molecule has 2 N–H and O–H groups in total. The zero-order valence-corrected chi connectivity index (χ0v) is 15.1. The number of fused-ring (bicyclic) bond motifs is 1. The van der Waals surface area contributed by atoms with E-state index in [1.165, 1.54) is 36.8 Å². The molecule has 24 heavy (non-hydrogen) atoms. The molecule has 2 aliphatic rings. The van der Waals surface area contributed by atoms with Gasteiger partial charge in [0, 0.05) is 12.7 Å². The molecule has 0 aromatic heterocycles. The molecule has 1 amide bonds. The Morgan fingerprint density at radius 2 is 2.00 bits per heavy atom. The molecule has 3 rings (SSSR count). The number of hydrogen-bond donors (Lipinski definition) is 2. The highest BCUT2D eigenvalue weighted by Gasteiger charge is 2.32. The number of amides is 1. The third-order valence-corrected chi connectivity index (χ3v) is 5.67. The number of carbonyl (C=O) groups is 1. The quantitative estimate of drug-likeness (QED) is 0.896. The summed E-state index contributed by atoms with van der Waals surface area (Å²) in [7, 11) is 2.03. The van der Waals surface area contributed by atoms with Gasteiger partial charge in [0.05, 0.1) is 12.6 Å². The number of hydrogen-bond acceptors (Lipinski definition) is 3. The van der Waals surface area contributed by atoms with Gasteiger partial charge in [-0.1, -0.05) is 38.8 Å². The van der Waals surface area contributed by atoms with Crippen molar-refractivity contribution in [2.24, 2.45) is 5.92 Å². The zero-order chi connectivity index (χ0) is 17.3. The number of anilines is 1. The van der Waals surface area contributed by atoms with E-state index in [2.05, 4.69) is 42.3 Å². The number of benzene rings is 1. The Labute approximate surface area is 145 Å². The second-order valence-electron chi connectivity index (χ2n) is 7.76. The number of nitrogens with zero attached hydrogens (tertiary/aromatic N) is 1. The lowest BCUT2D eigenvalue weighted by atomic mass is 9.91. The summed E-state index contributed by atoms with van der Waals surface area (Å²) in [5, 5.41) is 12.7. The SMILES string of the molecule is CC(C)[C@H]1C(=O)N[C@H](CO)Cc2ccc(C3CCCC3)cc2N1C. The van der Waals surface area contributed by atoms with Gasteiger partial charge < -0.3 is 15.3 Å². The number of aliphatic hydroxyl groups is 1. The van der Waals surface area contributed by atoms with Crippen molar-refractivity contribution in [1.29, 1.82) is 0 Å². The molecule has 0 radical (unpaired) electrons. The molecule has 0 bridgehead atoms. The van der Waals surface area contributed by atoms with E-state index in [-0.39, 0.29) is 30.5 Å². The third-order valence-electron chi connectivity index (χ3n) is 5.67. The molecule has 1 heterocycles. The maximum absolute atomic E-state index is 12.7. The van der Waals surface area contributed by atoms with Crippen molar-refractivity contribution in [3.05, 3.63) is 29.3 Å². The molecule has 4 heteroatoms. The van der Waals surface area contributed by atoms with Crippen molar-refractivity contribution in [2.45, 2.75) is 64.0 Å². The van der Waals surface area contributed by atoms with Gasteiger partial charge in [0.25, 0.3) is 0 Å². The molecule has 2 atom stereocenters. The Balaban J connectivity index is 2.02. The summed E-state index contributed by atoms with van der Waals surface area (Å²) in [4.78, 5) is 14.8. The zero-order valence-electron chi connectivity index (χ0n) is 15.1. The largest absolute Gasteiger partial charge is 0.394 e. The minimum absolute atomic E-state index is 0.0171. The van der Waals surface area contributed by atoms with Crippen LogP contribution in [0.2, 0.25) is 0 Å². The molecule has 132 valence electrons. The first-order valence-corrected chi connectivity index (χ1v) is 9.28. The highest BCUT2D eigenvalue weighted by atomic mass is 16.3. The lowest BCUT2D eigenvalue weighted by Crippen LogP contribution is -2.54.